The van der Waals surface area contributed by atoms with Crippen LogP contribution in [0.3, 0.4) is 0 Å². The minimum Gasteiger partial charge on any atom is -0.368 e. The number of fused-ring (bicyclic) bond motifs is 2. The van der Waals surface area contributed by atoms with E-state index in [1.807, 2.05) is 0 Å². The second-order valence-electron chi connectivity index (χ2n) is 6.57. The fourth-order valence-electron chi connectivity index (χ4n) is 3.31. The molecule has 18 heavy (non-hydrogen) atoms. The van der Waals surface area contributed by atoms with E-state index >= 15 is 0 Å². The number of nitrogens with zero attached hydrogens (tertiary/aromatic N) is 1. The Labute approximate surface area is 110 Å². The van der Waals surface area contributed by atoms with Gasteiger partial charge in [0.25, 0.3) is 0 Å². The summed E-state index contributed by atoms with van der Waals surface area (Å²) in [5.74, 6) is 0. The molecule has 98 valence electrons. The molecule has 1 atom stereocenters. The van der Waals surface area contributed by atoms with Crippen molar-refractivity contribution in [2.45, 2.75) is 51.2 Å². The van der Waals surface area contributed by atoms with Crippen LogP contribution in [0.5, 0.6) is 0 Å². The maximum Gasteiger partial charge on any atom is 0.112 e. The SMILES string of the molecule is CC(C)(C)N1CC2(CCCCO2)c2ccccc21. The summed E-state index contributed by atoms with van der Waals surface area (Å²) >= 11 is 0. The predicted octanol–water partition coefficient (Wildman–Crippen LogP) is 3.70. The molecule has 0 bridgehead atoms. The van der Waals surface area contributed by atoms with E-state index in [1.54, 1.807) is 0 Å². The molecule has 0 aromatic heterocycles. The summed E-state index contributed by atoms with van der Waals surface area (Å²) in [6.07, 6.45) is 3.66. The number of benzene rings is 1. The molecule has 1 aromatic rings. The molecule has 0 aliphatic carbocycles. The Kier molecular flexibility index (Phi) is 2.67. The standard InChI is InChI=1S/C16H23NO/c1-15(2,3)17-12-16(10-6-7-11-18-16)13-8-4-5-9-14(13)17/h4-5,8-9H,6-7,10-12H2,1-3H3. The van der Waals surface area contributed by atoms with Crippen LogP contribution in [-0.4, -0.2) is 18.7 Å². The lowest BCUT2D eigenvalue weighted by Crippen LogP contribution is -2.46. The first kappa shape index (κ1) is 12.0. The maximum atomic E-state index is 6.24. The van der Waals surface area contributed by atoms with Crippen molar-refractivity contribution >= 4 is 5.69 Å². The number of anilines is 1. The molecule has 2 nitrogen and oxygen atoms in total. The molecule has 0 amide bonds. The van der Waals surface area contributed by atoms with E-state index < -0.39 is 0 Å². The summed E-state index contributed by atoms with van der Waals surface area (Å²) in [5, 5.41) is 0. The minimum atomic E-state index is -0.0396. The molecule has 0 saturated carbocycles. The van der Waals surface area contributed by atoms with Crippen molar-refractivity contribution in [1.82, 2.24) is 0 Å². The number of ether oxygens (including phenoxy) is 1. The van der Waals surface area contributed by atoms with Crippen LogP contribution in [0.15, 0.2) is 24.3 Å². The van der Waals surface area contributed by atoms with Crippen LogP contribution in [0, 0.1) is 0 Å². The zero-order chi connectivity index (χ0) is 12.8. The predicted molar refractivity (Wildman–Crippen MR) is 75.0 cm³/mol. The quantitative estimate of drug-likeness (QED) is 0.691. The largest absolute Gasteiger partial charge is 0.368 e. The molecule has 0 N–H and O–H groups in total. The summed E-state index contributed by atoms with van der Waals surface area (Å²) in [4.78, 5) is 2.51. The van der Waals surface area contributed by atoms with Crippen molar-refractivity contribution in [1.29, 1.82) is 0 Å². The van der Waals surface area contributed by atoms with Gasteiger partial charge in [-0.1, -0.05) is 18.2 Å². The van der Waals surface area contributed by atoms with Crippen molar-refractivity contribution in [2.24, 2.45) is 0 Å². The average molecular weight is 245 g/mol. The molecule has 1 unspecified atom stereocenters. The van der Waals surface area contributed by atoms with E-state index in [2.05, 4.69) is 49.9 Å². The van der Waals surface area contributed by atoms with E-state index in [0.717, 1.165) is 19.6 Å². The van der Waals surface area contributed by atoms with Gasteiger partial charge >= 0.3 is 0 Å². The molecule has 2 aliphatic heterocycles. The normalized spacial score (nSPS) is 27.6. The molecule has 2 aliphatic rings. The Balaban J connectivity index is 2.06. The summed E-state index contributed by atoms with van der Waals surface area (Å²) in [6, 6.07) is 8.78. The van der Waals surface area contributed by atoms with Gasteiger partial charge in [-0.05, 0) is 46.1 Å². The van der Waals surface area contributed by atoms with Crippen molar-refractivity contribution in [3.05, 3.63) is 29.8 Å². The van der Waals surface area contributed by atoms with Crippen LogP contribution in [0.1, 0.15) is 45.6 Å². The highest BCUT2D eigenvalue weighted by molar-refractivity contribution is 5.63. The highest BCUT2D eigenvalue weighted by atomic mass is 16.5. The third-order valence-corrected chi connectivity index (χ3v) is 4.26. The van der Waals surface area contributed by atoms with Crippen molar-refractivity contribution in [2.75, 3.05) is 18.1 Å². The Morgan fingerprint density at radius 3 is 2.61 bits per heavy atom. The fraction of sp³-hybridized carbons (Fsp3) is 0.625. The zero-order valence-corrected chi connectivity index (χ0v) is 11.7. The summed E-state index contributed by atoms with van der Waals surface area (Å²) in [6.45, 7) is 8.77. The van der Waals surface area contributed by atoms with Gasteiger partial charge in [0.15, 0.2) is 0 Å². The summed E-state index contributed by atoms with van der Waals surface area (Å²) in [5.41, 5.74) is 2.88. The second-order valence-corrected chi connectivity index (χ2v) is 6.57. The Morgan fingerprint density at radius 2 is 1.94 bits per heavy atom. The molecule has 2 heteroatoms. The van der Waals surface area contributed by atoms with E-state index in [-0.39, 0.29) is 11.1 Å². The van der Waals surface area contributed by atoms with Crippen LogP contribution in [-0.2, 0) is 10.3 Å². The van der Waals surface area contributed by atoms with E-state index in [1.165, 1.54) is 24.1 Å². The van der Waals surface area contributed by atoms with Gasteiger partial charge < -0.3 is 9.64 Å². The molecule has 3 rings (SSSR count). The third-order valence-electron chi connectivity index (χ3n) is 4.26. The van der Waals surface area contributed by atoms with Crippen LogP contribution >= 0.6 is 0 Å². The molecular formula is C16H23NO. The van der Waals surface area contributed by atoms with E-state index in [0.29, 0.717) is 0 Å². The van der Waals surface area contributed by atoms with Gasteiger partial charge in [0.2, 0.25) is 0 Å². The Morgan fingerprint density at radius 1 is 1.17 bits per heavy atom. The van der Waals surface area contributed by atoms with Gasteiger partial charge in [-0.15, -0.1) is 0 Å². The highest BCUT2D eigenvalue weighted by Gasteiger charge is 2.46. The highest BCUT2D eigenvalue weighted by Crippen LogP contribution is 2.48. The van der Waals surface area contributed by atoms with E-state index in [9.17, 15) is 0 Å². The van der Waals surface area contributed by atoms with Crippen molar-refractivity contribution < 1.29 is 4.74 Å². The van der Waals surface area contributed by atoms with Gasteiger partial charge in [0, 0.05) is 23.4 Å². The zero-order valence-electron chi connectivity index (χ0n) is 11.7. The first-order valence-corrected chi connectivity index (χ1v) is 7.04. The smallest absolute Gasteiger partial charge is 0.112 e. The van der Waals surface area contributed by atoms with Gasteiger partial charge in [0.1, 0.15) is 5.60 Å². The lowest BCUT2D eigenvalue weighted by molar-refractivity contribution is -0.0730. The number of rotatable bonds is 0. The van der Waals surface area contributed by atoms with Crippen LogP contribution in [0.25, 0.3) is 0 Å². The maximum absolute atomic E-state index is 6.24. The van der Waals surface area contributed by atoms with Crippen molar-refractivity contribution in [3.8, 4) is 0 Å². The first-order valence-electron chi connectivity index (χ1n) is 7.04. The molecule has 1 saturated heterocycles. The van der Waals surface area contributed by atoms with Gasteiger partial charge in [-0.3, -0.25) is 0 Å². The number of para-hydroxylation sites is 1. The van der Waals surface area contributed by atoms with E-state index in [4.69, 9.17) is 4.74 Å². The van der Waals surface area contributed by atoms with Gasteiger partial charge in [-0.2, -0.15) is 0 Å². The second kappa shape index (κ2) is 3.99. The molecular weight excluding hydrogens is 222 g/mol. The number of hydrogen-bond donors (Lipinski definition) is 0. The van der Waals surface area contributed by atoms with Crippen LogP contribution < -0.4 is 4.90 Å². The average Bonchev–Trinajstić information content (AvgIpc) is 2.66. The molecule has 0 radical (unpaired) electrons. The molecule has 1 aromatic carbocycles. The Hall–Kier alpha value is -1.02. The third kappa shape index (κ3) is 1.74. The minimum absolute atomic E-state index is 0.0396. The summed E-state index contributed by atoms with van der Waals surface area (Å²) < 4.78 is 6.24. The topological polar surface area (TPSA) is 12.5 Å². The van der Waals surface area contributed by atoms with Gasteiger partial charge in [-0.25, -0.2) is 0 Å². The number of hydrogen-bond acceptors (Lipinski definition) is 2. The molecule has 2 heterocycles. The van der Waals surface area contributed by atoms with Crippen molar-refractivity contribution in [3.63, 3.8) is 0 Å². The van der Waals surface area contributed by atoms with Crippen LogP contribution in [0.2, 0.25) is 0 Å². The summed E-state index contributed by atoms with van der Waals surface area (Å²) in [7, 11) is 0. The Bertz CT molecular complexity index is 441. The fourth-order valence-corrected chi connectivity index (χ4v) is 3.31. The van der Waals surface area contributed by atoms with Gasteiger partial charge in [0.05, 0.1) is 6.54 Å². The molecule has 1 fully saturated rings. The molecule has 1 spiro atoms. The first-order chi connectivity index (χ1) is 8.53. The monoisotopic (exact) mass is 245 g/mol. The lowest BCUT2D eigenvalue weighted by atomic mass is 9.88. The lowest BCUT2D eigenvalue weighted by Gasteiger charge is -2.38. The van der Waals surface area contributed by atoms with Crippen LogP contribution in [0.4, 0.5) is 5.69 Å².